The Balaban J connectivity index is 1.97. The molecule has 0 bridgehead atoms. The highest BCUT2D eigenvalue weighted by Crippen LogP contribution is 2.22. The number of rotatable bonds is 5. The fraction of sp³-hybridized carbons (Fsp3) is 0.429. The Kier molecular flexibility index (Phi) is 4.14. The minimum Gasteiger partial charge on any atom is -0.480 e. The topological polar surface area (TPSA) is 66.4 Å². The second-order valence-corrected chi connectivity index (χ2v) is 4.75. The standard InChI is InChI=1S/C14H16FNO3/c15-8-12(14(18)19)16-13(17)7-9-4-5-10-2-1-3-11(10)6-9/h4-6,12H,1-3,7-8H2,(H,16,17)(H,18,19). The van der Waals surface area contributed by atoms with Crippen LogP contribution in [0.5, 0.6) is 0 Å². The van der Waals surface area contributed by atoms with Crippen LogP contribution in [0.25, 0.3) is 0 Å². The van der Waals surface area contributed by atoms with Crippen molar-refractivity contribution in [3.63, 3.8) is 0 Å². The Hall–Kier alpha value is -1.91. The van der Waals surface area contributed by atoms with E-state index in [1.807, 2.05) is 18.2 Å². The summed E-state index contributed by atoms with van der Waals surface area (Å²) >= 11 is 0. The summed E-state index contributed by atoms with van der Waals surface area (Å²) in [6.45, 7) is -1.11. The maximum absolute atomic E-state index is 12.4. The summed E-state index contributed by atoms with van der Waals surface area (Å²) in [5.74, 6) is -1.83. The van der Waals surface area contributed by atoms with Crippen molar-refractivity contribution in [2.45, 2.75) is 31.7 Å². The summed E-state index contributed by atoms with van der Waals surface area (Å²) in [6, 6.07) is 4.40. The van der Waals surface area contributed by atoms with E-state index in [4.69, 9.17) is 5.11 Å². The van der Waals surface area contributed by atoms with Gasteiger partial charge in [0.15, 0.2) is 6.04 Å². The summed E-state index contributed by atoms with van der Waals surface area (Å²) in [7, 11) is 0. The van der Waals surface area contributed by atoms with Crippen molar-refractivity contribution < 1.29 is 19.1 Å². The lowest BCUT2D eigenvalue weighted by molar-refractivity contribution is -0.142. The van der Waals surface area contributed by atoms with Gasteiger partial charge >= 0.3 is 5.97 Å². The molecule has 2 rings (SSSR count). The van der Waals surface area contributed by atoms with E-state index in [2.05, 4.69) is 5.32 Å². The molecule has 5 heteroatoms. The fourth-order valence-corrected chi connectivity index (χ4v) is 2.33. The number of aliphatic carboxylic acids is 1. The molecule has 1 atom stereocenters. The van der Waals surface area contributed by atoms with Crippen molar-refractivity contribution >= 4 is 11.9 Å². The van der Waals surface area contributed by atoms with Gasteiger partial charge < -0.3 is 10.4 Å². The first-order chi connectivity index (χ1) is 9.10. The predicted molar refractivity (Wildman–Crippen MR) is 67.7 cm³/mol. The number of nitrogens with one attached hydrogen (secondary N) is 1. The number of carbonyl (C=O) groups is 2. The van der Waals surface area contributed by atoms with Crippen molar-refractivity contribution in [3.8, 4) is 0 Å². The van der Waals surface area contributed by atoms with Gasteiger partial charge in [-0.05, 0) is 36.0 Å². The SMILES string of the molecule is O=C(Cc1ccc2c(c1)CCC2)NC(CF)C(=O)O. The third-order valence-electron chi connectivity index (χ3n) is 3.32. The molecule has 102 valence electrons. The Morgan fingerprint density at radius 2 is 2.05 bits per heavy atom. The second-order valence-electron chi connectivity index (χ2n) is 4.75. The average Bonchev–Trinajstić information content (AvgIpc) is 2.82. The molecule has 1 amide bonds. The van der Waals surface area contributed by atoms with Crippen LogP contribution >= 0.6 is 0 Å². The Morgan fingerprint density at radius 3 is 2.74 bits per heavy atom. The molecule has 19 heavy (non-hydrogen) atoms. The molecule has 0 saturated heterocycles. The average molecular weight is 265 g/mol. The molecule has 0 fully saturated rings. The zero-order chi connectivity index (χ0) is 13.8. The van der Waals surface area contributed by atoms with Crippen molar-refractivity contribution in [2.24, 2.45) is 0 Å². The highest BCUT2D eigenvalue weighted by Gasteiger charge is 2.20. The van der Waals surface area contributed by atoms with Crippen molar-refractivity contribution in [1.29, 1.82) is 0 Å². The molecular weight excluding hydrogens is 249 g/mol. The third kappa shape index (κ3) is 3.30. The number of benzene rings is 1. The van der Waals surface area contributed by atoms with Gasteiger partial charge in [-0.25, -0.2) is 9.18 Å². The van der Waals surface area contributed by atoms with E-state index in [0.717, 1.165) is 24.8 Å². The number of halogens is 1. The number of carboxylic acid groups (broad SMARTS) is 1. The van der Waals surface area contributed by atoms with Gasteiger partial charge in [-0.3, -0.25) is 4.79 Å². The molecule has 1 aromatic rings. The van der Waals surface area contributed by atoms with Crippen LogP contribution < -0.4 is 5.32 Å². The first-order valence-corrected chi connectivity index (χ1v) is 6.29. The molecule has 0 saturated carbocycles. The summed E-state index contributed by atoms with van der Waals surface area (Å²) in [4.78, 5) is 22.3. The van der Waals surface area contributed by atoms with Crippen LogP contribution in [0.15, 0.2) is 18.2 Å². The first-order valence-electron chi connectivity index (χ1n) is 6.29. The maximum atomic E-state index is 12.4. The molecule has 0 radical (unpaired) electrons. The Labute approximate surface area is 110 Å². The molecule has 1 aliphatic rings. The number of carboxylic acids is 1. The van der Waals surface area contributed by atoms with Gasteiger partial charge in [-0.1, -0.05) is 18.2 Å². The smallest absolute Gasteiger partial charge is 0.328 e. The van der Waals surface area contributed by atoms with Crippen LogP contribution in [0.1, 0.15) is 23.1 Å². The second kappa shape index (κ2) is 5.82. The highest BCUT2D eigenvalue weighted by molar-refractivity contribution is 5.85. The van der Waals surface area contributed by atoms with E-state index in [0.29, 0.717) is 0 Å². The summed E-state index contributed by atoms with van der Waals surface area (Å²) < 4.78 is 12.4. The lowest BCUT2D eigenvalue weighted by Crippen LogP contribution is -2.43. The summed E-state index contributed by atoms with van der Waals surface area (Å²) in [5.41, 5.74) is 3.41. The van der Waals surface area contributed by atoms with E-state index in [1.165, 1.54) is 11.1 Å². The quantitative estimate of drug-likeness (QED) is 0.842. The number of hydrogen-bond acceptors (Lipinski definition) is 2. The van der Waals surface area contributed by atoms with Gasteiger partial charge in [0.05, 0.1) is 6.42 Å². The molecule has 0 heterocycles. The zero-order valence-corrected chi connectivity index (χ0v) is 10.5. The van der Waals surface area contributed by atoms with Crippen molar-refractivity contribution in [2.75, 3.05) is 6.67 Å². The molecule has 1 unspecified atom stereocenters. The van der Waals surface area contributed by atoms with Crippen LogP contribution in [-0.2, 0) is 28.9 Å². The Bertz CT molecular complexity index is 501. The van der Waals surface area contributed by atoms with Gasteiger partial charge in [0.2, 0.25) is 5.91 Å². The van der Waals surface area contributed by atoms with Gasteiger partial charge in [-0.2, -0.15) is 0 Å². The van der Waals surface area contributed by atoms with Crippen LogP contribution in [0, 0.1) is 0 Å². The summed E-state index contributed by atoms with van der Waals surface area (Å²) in [6.07, 6.45) is 3.31. The van der Waals surface area contributed by atoms with Gasteiger partial charge in [0.25, 0.3) is 0 Å². The Morgan fingerprint density at radius 1 is 1.32 bits per heavy atom. The molecule has 0 aliphatic heterocycles. The molecule has 4 nitrogen and oxygen atoms in total. The van der Waals surface area contributed by atoms with Crippen molar-refractivity contribution in [3.05, 3.63) is 34.9 Å². The van der Waals surface area contributed by atoms with Crippen LogP contribution in [0.4, 0.5) is 4.39 Å². The normalized spacial score (nSPS) is 14.8. The van der Waals surface area contributed by atoms with Gasteiger partial charge in [-0.15, -0.1) is 0 Å². The molecule has 1 aliphatic carbocycles. The fourth-order valence-electron chi connectivity index (χ4n) is 2.33. The van der Waals surface area contributed by atoms with E-state index >= 15 is 0 Å². The van der Waals surface area contributed by atoms with Crippen LogP contribution in [0.3, 0.4) is 0 Å². The molecule has 2 N–H and O–H groups in total. The van der Waals surface area contributed by atoms with Crippen LogP contribution in [-0.4, -0.2) is 29.7 Å². The minimum atomic E-state index is -1.46. The monoisotopic (exact) mass is 265 g/mol. The van der Waals surface area contributed by atoms with Gasteiger partial charge in [0, 0.05) is 0 Å². The predicted octanol–water partition coefficient (Wildman–Crippen LogP) is 1.26. The largest absolute Gasteiger partial charge is 0.480 e. The van der Waals surface area contributed by atoms with E-state index in [9.17, 15) is 14.0 Å². The highest BCUT2D eigenvalue weighted by atomic mass is 19.1. The first kappa shape index (κ1) is 13.5. The lowest BCUT2D eigenvalue weighted by Gasteiger charge is -2.11. The number of fused-ring (bicyclic) bond motifs is 1. The molecule has 0 aromatic heterocycles. The number of amides is 1. The van der Waals surface area contributed by atoms with E-state index in [1.54, 1.807) is 0 Å². The molecule has 0 spiro atoms. The third-order valence-corrected chi connectivity index (χ3v) is 3.32. The number of hydrogen-bond donors (Lipinski definition) is 2. The number of aryl methyl sites for hydroxylation is 2. The zero-order valence-electron chi connectivity index (χ0n) is 10.5. The van der Waals surface area contributed by atoms with E-state index < -0.39 is 24.6 Å². The van der Waals surface area contributed by atoms with Crippen molar-refractivity contribution in [1.82, 2.24) is 5.32 Å². The van der Waals surface area contributed by atoms with Gasteiger partial charge in [0.1, 0.15) is 6.67 Å². The summed E-state index contributed by atoms with van der Waals surface area (Å²) in [5, 5.41) is 10.8. The minimum absolute atomic E-state index is 0.0804. The number of alkyl halides is 1. The molecule has 1 aromatic carbocycles. The maximum Gasteiger partial charge on any atom is 0.328 e. The van der Waals surface area contributed by atoms with Crippen LogP contribution in [0.2, 0.25) is 0 Å². The molecular formula is C14H16FNO3. The van der Waals surface area contributed by atoms with E-state index in [-0.39, 0.29) is 6.42 Å². The lowest BCUT2D eigenvalue weighted by atomic mass is 10.0. The number of carbonyl (C=O) groups excluding carboxylic acids is 1.